The van der Waals surface area contributed by atoms with Crippen LogP contribution >= 0.6 is 0 Å². The highest BCUT2D eigenvalue weighted by atomic mass is 15.3. The van der Waals surface area contributed by atoms with Gasteiger partial charge in [0.2, 0.25) is 0 Å². The zero-order valence-electron chi connectivity index (χ0n) is 11.6. The second-order valence-corrected chi connectivity index (χ2v) is 7.09. The van der Waals surface area contributed by atoms with Crippen molar-refractivity contribution in [2.75, 3.05) is 26.2 Å². The molecule has 0 aromatic rings. The molecule has 2 aliphatic heterocycles. The minimum atomic E-state index is 0.658. The van der Waals surface area contributed by atoms with Crippen molar-refractivity contribution < 1.29 is 0 Å². The molecule has 3 aliphatic rings. The normalized spacial score (nSPS) is 38.5. The van der Waals surface area contributed by atoms with Gasteiger partial charge in [0, 0.05) is 31.7 Å². The molecule has 0 aromatic heterocycles. The van der Waals surface area contributed by atoms with E-state index in [2.05, 4.69) is 23.6 Å². The van der Waals surface area contributed by atoms with E-state index in [9.17, 15) is 0 Å². The fourth-order valence-electron chi connectivity index (χ4n) is 4.06. The smallest absolute Gasteiger partial charge is 0.0223 e. The summed E-state index contributed by atoms with van der Waals surface area (Å²) in [4.78, 5) is 5.55. The summed E-state index contributed by atoms with van der Waals surface area (Å²) in [5.41, 5.74) is 0.658. The molecule has 17 heavy (non-hydrogen) atoms. The molecule has 1 aliphatic carbocycles. The van der Waals surface area contributed by atoms with Crippen LogP contribution in [0.15, 0.2) is 0 Å². The van der Waals surface area contributed by atoms with Crippen molar-refractivity contribution in [3.05, 3.63) is 0 Å². The number of fused-ring (bicyclic) bond motifs is 1. The van der Waals surface area contributed by atoms with Crippen LogP contribution in [0.2, 0.25) is 0 Å². The maximum atomic E-state index is 2.80. The van der Waals surface area contributed by atoms with Crippen LogP contribution in [0, 0.1) is 5.41 Å². The second-order valence-electron chi connectivity index (χ2n) is 7.09. The molecule has 0 bridgehead atoms. The third kappa shape index (κ3) is 2.39. The summed E-state index contributed by atoms with van der Waals surface area (Å²) in [6, 6.07) is 1.66. The summed E-state index contributed by atoms with van der Waals surface area (Å²) in [7, 11) is 0. The van der Waals surface area contributed by atoms with E-state index < -0.39 is 0 Å². The summed E-state index contributed by atoms with van der Waals surface area (Å²) < 4.78 is 0. The van der Waals surface area contributed by atoms with Crippen LogP contribution in [0.1, 0.15) is 52.4 Å². The Morgan fingerprint density at radius 1 is 1.12 bits per heavy atom. The maximum absolute atomic E-state index is 2.80. The molecule has 98 valence electrons. The van der Waals surface area contributed by atoms with Crippen molar-refractivity contribution >= 4 is 0 Å². The summed E-state index contributed by atoms with van der Waals surface area (Å²) >= 11 is 0. The summed E-state index contributed by atoms with van der Waals surface area (Å²) in [6.45, 7) is 10.3. The number of piperidine rings is 1. The van der Waals surface area contributed by atoms with Crippen molar-refractivity contribution in [3.8, 4) is 0 Å². The summed E-state index contributed by atoms with van der Waals surface area (Å²) in [6.07, 6.45) is 8.73. The number of piperazine rings is 1. The number of hydrogen-bond acceptors (Lipinski definition) is 2. The molecule has 2 atom stereocenters. The first-order chi connectivity index (χ1) is 8.16. The molecule has 0 radical (unpaired) electrons. The lowest BCUT2D eigenvalue weighted by molar-refractivity contribution is -0.0202. The Labute approximate surface area is 106 Å². The van der Waals surface area contributed by atoms with E-state index in [1.807, 2.05) is 0 Å². The Hall–Kier alpha value is -0.0800. The molecule has 0 aromatic carbocycles. The van der Waals surface area contributed by atoms with Crippen LogP contribution < -0.4 is 0 Å². The van der Waals surface area contributed by atoms with Gasteiger partial charge in [-0.05, 0) is 44.6 Å². The molecule has 3 fully saturated rings. The highest BCUT2D eigenvalue weighted by molar-refractivity contribution is 4.93. The highest BCUT2D eigenvalue weighted by Gasteiger charge is 2.39. The van der Waals surface area contributed by atoms with Gasteiger partial charge < -0.3 is 0 Å². The van der Waals surface area contributed by atoms with Gasteiger partial charge in [-0.15, -0.1) is 0 Å². The molecule has 1 saturated carbocycles. The van der Waals surface area contributed by atoms with Crippen LogP contribution in [0.5, 0.6) is 0 Å². The summed E-state index contributed by atoms with van der Waals surface area (Å²) in [5, 5.41) is 0. The van der Waals surface area contributed by atoms with Gasteiger partial charge in [0.15, 0.2) is 0 Å². The lowest BCUT2D eigenvalue weighted by Gasteiger charge is -2.51. The van der Waals surface area contributed by atoms with E-state index in [4.69, 9.17) is 0 Å². The molecular weight excluding hydrogens is 208 g/mol. The average molecular weight is 236 g/mol. The van der Waals surface area contributed by atoms with Crippen molar-refractivity contribution in [2.45, 2.75) is 64.5 Å². The fraction of sp³-hybridized carbons (Fsp3) is 1.00. The zero-order valence-corrected chi connectivity index (χ0v) is 11.6. The Balaban J connectivity index is 1.61. The van der Waals surface area contributed by atoms with Gasteiger partial charge in [-0.3, -0.25) is 9.80 Å². The first-order valence-electron chi connectivity index (χ1n) is 7.64. The van der Waals surface area contributed by atoms with Gasteiger partial charge >= 0.3 is 0 Å². The van der Waals surface area contributed by atoms with Crippen LogP contribution in [0.3, 0.4) is 0 Å². The lowest BCUT2D eigenvalue weighted by atomic mass is 9.70. The van der Waals surface area contributed by atoms with Gasteiger partial charge in [-0.25, -0.2) is 0 Å². The Bertz CT molecular complexity index is 272. The van der Waals surface area contributed by atoms with Gasteiger partial charge in [0.25, 0.3) is 0 Å². The fourth-order valence-corrected chi connectivity index (χ4v) is 4.06. The molecule has 2 nitrogen and oxygen atoms in total. The van der Waals surface area contributed by atoms with E-state index >= 15 is 0 Å². The largest absolute Gasteiger partial charge is 0.298 e. The van der Waals surface area contributed by atoms with Gasteiger partial charge in [0.1, 0.15) is 0 Å². The van der Waals surface area contributed by atoms with Crippen LogP contribution in [0.4, 0.5) is 0 Å². The molecule has 0 amide bonds. The van der Waals surface area contributed by atoms with Crippen molar-refractivity contribution in [3.63, 3.8) is 0 Å². The third-order valence-electron chi connectivity index (χ3n) is 5.46. The van der Waals surface area contributed by atoms with E-state index in [0.717, 1.165) is 12.1 Å². The van der Waals surface area contributed by atoms with Gasteiger partial charge in [0.05, 0.1) is 0 Å². The Kier molecular flexibility index (Phi) is 3.20. The monoisotopic (exact) mass is 236 g/mol. The van der Waals surface area contributed by atoms with Gasteiger partial charge in [-0.2, -0.15) is 0 Å². The first-order valence-corrected chi connectivity index (χ1v) is 7.64. The van der Waals surface area contributed by atoms with Crippen molar-refractivity contribution in [1.82, 2.24) is 9.80 Å². The number of hydrogen-bond donors (Lipinski definition) is 0. The Morgan fingerprint density at radius 3 is 2.65 bits per heavy atom. The average Bonchev–Trinajstić information content (AvgIpc) is 2.28. The molecule has 2 saturated heterocycles. The predicted molar refractivity (Wildman–Crippen MR) is 72.2 cm³/mol. The molecule has 0 N–H and O–H groups in total. The second kappa shape index (κ2) is 4.55. The third-order valence-corrected chi connectivity index (χ3v) is 5.46. The quantitative estimate of drug-likeness (QED) is 0.727. The molecular formula is C15H28N2. The molecule has 2 unspecified atom stereocenters. The van der Waals surface area contributed by atoms with E-state index in [0.29, 0.717) is 5.41 Å². The van der Waals surface area contributed by atoms with E-state index in [1.54, 1.807) is 0 Å². The minimum Gasteiger partial charge on any atom is -0.298 e. The minimum absolute atomic E-state index is 0.658. The highest BCUT2D eigenvalue weighted by Crippen LogP contribution is 2.41. The number of rotatable bonds is 2. The van der Waals surface area contributed by atoms with Gasteiger partial charge in [-0.1, -0.05) is 19.8 Å². The van der Waals surface area contributed by atoms with Crippen LogP contribution in [0.25, 0.3) is 0 Å². The van der Waals surface area contributed by atoms with Crippen molar-refractivity contribution in [1.29, 1.82) is 0 Å². The van der Waals surface area contributed by atoms with E-state index in [-0.39, 0.29) is 0 Å². The molecule has 0 spiro atoms. The van der Waals surface area contributed by atoms with Crippen molar-refractivity contribution in [2.24, 2.45) is 5.41 Å². The molecule has 2 heteroatoms. The Morgan fingerprint density at radius 2 is 1.94 bits per heavy atom. The predicted octanol–water partition coefficient (Wildman–Crippen LogP) is 2.74. The maximum Gasteiger partial charge on any atom is 0.0223 e. The number of nitrogens with zero attached hydrogens (tertiary/aromatic N) is 2. The lowest BCUT2D eigenvalue weighted by Crippen LogP contribution is -2.60. The van der Waals surface area contributed by atoms with Crippen LogP contribution in [-0.2, 0) is 0 Å². The standard InChI is InChI=1S/C15H28N2/c1-13-10-16-9-4-3-6-14(16)11-17(13)12-15(2)7-5-8-15/h13-14H,3-12H2,1-2H3. The van der Waals surface area contributed by atoms with E-state index in [1.165, 1.54) is 64.7 Å². The van der Waals surface area contributed by atoms with Crippen LogP contribution in [-0.4, -0.2) is 48.1 Å². The zero-order chi connectivity index (χ0) is 11.9. The topological polar surface area (TPSA) is 6.48 Å². The first kappa shape index (κ1) is 12.0. The SMILES string of the molecule is CC1CN2CCCCC2CN1CC1(C)CCC1. The summed E-state index contributed by atoms with van der Waals surface area (Å²) in [5.74, 6) is 0. The molecule has 2 heterocycles. The molecule has 3 rings (SSSR count).